The van der Waals surface area contributed by atoms with Crippen molar-refractivity contribution in [3.63, 3.8) is 0 Å². The van der Waals surface area contributed by atoms with Crippen molar-refractivity contribution < 1.29 is 24.5 Å². The zero-order chi connectivity index (χ0) is 25.5. The average molecular weight is 503 g/mol. The third-order valence-electron chi connectivity index (χ3n) is 8.79. The van der Waals surface area contributed by atoms with Crippen molar-refractivity contribution in [3.8, 4) is 5.75 Å². The summed E-state index contributed by atoms with van der Waals surface area (Å²) < 4.78 is 11.6. The van der Waals surface area contributed by atoms with Crippen LogP contribution in [0.3, 0.4) is 0 Å². The standard InChI is InChI=1S/C29H46N2O5/c1-35-16-7-6-14-29(34,24-12-4-5-13-27(24)36-20-21-9-2-3-10-21)23-11-8-15-31(19-23)28(33)22-17-25(30)26(32)18-22/h4-5,12-13,21-23,25-26,32,34H,2-3,6-11,14-20,30H2,1H3/t22-,23+,25?,26-,29-/m0/s1. The van der Waals surface area contributed by atoms with Gasteiger partial charge in [0.15, 0.2) is 0 Å². The number of para-hydroxylation sites is 1. The highest BCUT2D eigenvalue weighted by molar-refractivity contribution is 5.79. The molecule has 4 rings (SSSR count). The number of carbonyl (C=O) groups excluding carboxylic acids is 1. The minimum atomic E-state index is -1.09. The van der Waals surface area contributed by atoms with Crippen LogP contribution in [0.4, 0.5) is 0 Å². The van der Waals surface area contributed by atoms with E-state index < -0.39 is 11.7 Å². The molecule has 1 aromatic rings. The van der Waals surface area contributed by atoms with Crippen molar-refractivity contribution in [2.24, 2.45) is 23.5 Å². The predicted molar refractivity (Wildman–Crippen MR) is 140 cm³/mol. The zero-order valence-electron chi connectivity index (χ0n) is 21.9. The van der Waals surface area contributed by atoms with Gasteiger partial charge >= 0.3 is 0 Å². The molecule has 7 nitrogen and oxygen atoms in total. The molecule has 1 heterocycles. The summed E-state index contributed by atoms with van der Waals surface area (Å²) in [6, 6.07) is 7.61. The lowest BCUT2D eigenvalue weighted by atomic mass is 9.73. The second-order valence-electron chi connectivity index (χ2n) is 11.4. The molecule has 0 bridgehead atoms. The van der Waals surface area contributed by atoms with Crippen molar-refractivity contribution in [3.05, 3.63) is 29.8 Å². The number of aliphatic hydroxyl groups excluding tert-OH is 1. The molecule has 1 unspecified atom stereocenters. The number of ether oxygens (including phenoxy) is 2. The van der Waals surface area contributed by atoms with Gasteiger partial charge in [0.25, 0.3) is 0 Å². The molecule has 4 N–H and O–H groups in total. The Morgan fingerprint density at radius 1 is 1.14 bits per heavy atom. The van der Waals surface area contributed by atoms with Gasteiger partial charge in [0.2, 0.25) is 5.91 Å². The number of hydrogen-bond donors (Lipinski definition) is 3. The summed E-state index contributed by atoms with van der Waals surface area (Å²) in [7, 11) is 1.70. The maximum Gasteiger partial charge on any atom is 0.225 e. The Labute approximate surface area is 216 Å². The van der Waals surface area contributed by atoms with Gasteiger partial charge < -0.3 is 30.3 Å². The van der Waals surface area contributed by atoms with E-state index in [1.807, 2.05) is 29.2 Å². The molecular weight excluding hydrogens is 456 g/mol. The highest BCUT2D eigenvalue weighted by Crippen LogP contribution is 2.44. The molecule has 1 aromatic carbocycles. The lowest BCUT2D eigenvalue weighted by Gasteiger charge is -2.44. The van der Waals surface area contributed by atoms with Gasteiger partial charge in [0.05, 0.1) is 18.3 Å². The fraction of sp³-hybridized carbons (Fsp3) is 0.759. The first-order valence-corrected chi connectivity index (χ1v) is 14.1. The number of rotatable bonds is 11. The Morgan fingerprint density at radius 2 is 1.92 bits per heavy atom. The molecule has 2 aliphatic carbocycles. The van der Waals surface area contributed by atoms with Crippen molar-refractivity contribution in [2.45, 2.75) is 88.4 Å². The fourth-order valence-electron chi connectivity index (χ4n) is 6.61. The fourth-order valence-corrected chi connectivity index (χ4v) is 6.61. The Balaban J connectivity index is 1.53. The molecule has 202 valence electrons. The van der Waals surface area contributed by atoms with Crippen molar-refractivity contribution in [2.75, 3.05) is 33.4 Å². The summed E-state index contributed by atoms with van der Waals surface area (Å²) in [6.07, 6.45) is 9.32. The van der Waals surface area contributed by atoms with Crippen LogP contribution >= 0.6 is 0 Å². The van der Waals surface area contributed by atoms with Crippen LogP contribution in [0, 0.1) is 17.8 Å². The monoisotopic (exact) mass is 502 g/mol. The van der Waals surface area contributed by atoms with Crippen LogP contribution in [-0.2, 0) is 15.1 Å². The number of amides is 1. The molecular formula is C29H46N2O5. The van der Waals surface area contributed by atoms with E-state index >= 15 is 0 Å². The van der Waals surface area contributed by atoms with Gasteiger partial charge in [-0.15, -0.1) is 0 Å². The summed E-state index contributed by atoms with van der Waals surface area (Å²) in [5.74, 6) is 1.11. The number of carbonyl (C=O) groups is 1. The van der Waals surface area contributed by atoms with Crippen molar-refractivity contribution in [1.29, 1.82) is 0 Å². The maximum absolute atomic E-state index is 13.4. The van der Waals surface area contributed by atoms with E-state index in [0.717, 1.165) is 37.0 Å². The smallest absolute Gasteiger partial charge is 0.225 e. The number of methoxy groups -OCH3 is 1. The quantitative estimate of drug-likeness (QED) is 0.400. The molecule has 1 amide bonds. The zero-order valence-corrected chi connectivity index (χ0v) is 21.9. The third-order valence-corrected chi connectivity index (χ3v) is 8.79. The number of unbranched alkanes of at least 4 members (excludes halogenated alkanes) is 1. The molecule has 0 spiro atoms. The molecule has 7 heteroatoms. The number of hydrogen-bond acceptors (Lipinski definition) is 6. The summed E-state index contributed by atoms with van der Waals surface area (Å²) in [5.41, 5.74) is 5.75. The van der Waals surface area contributed by atoms with Crippen LogP contribution < -0.4 is 10.5 Å². The van der Waals surface area contributed by atoms with Crippen LogP contribution in [0.15, 0.2) is 24.3 Å². The second-order valence-corrected chi connectivity index (χ2v) is 11.4. The van der Waals surface area contributed by atoms with Gasteiger partial charge in [0.1, 0.15) is 5.75 Å². The van der Waals surface area contributed by atoms with E-state index in [1.54, 1.807) is 7.11 Å². The number of likely N-dealkylation sites (tertiary alicyclic amines) is 1. The van der Waals surface area contributed by atoms with Crippen LogP contribution in [0.5, 0.6) is 5.75 Å². The van der Waals surface area contributed by atoms with E-state index in [9.17, 15) is 15.0 Å². The van der Waals surface area contributed by atoms with Gasteiger partial charge in [-0.1, -0.05) is 31.0 Å². The molecule has 5 atom stereocenters. The third kappa shape index (κ3) is 6.42. The molecule has 3 fully saturated rings. The largest absolute Gasteiger partial charge is 0.493 e. The second kappa shape index (κ2) is 12.7. The Kier molecular flexibility index (Phi) is 9.67. The van der Waals surface area contributed by atoms with E-state index in [4.69, 9.17) is 15.2 Å². The number of piperidine rings is 1. The molecule has 36 heavy (non-hydrogen) atoms. The first-order chi connectivity index (χ1) is 17.4. The highest BCUT2D eigenvalue weighted by atomic mass is 16.5. The van der Waals surface area contributed by atoms with Gasteiger partial charge in [0, 0.05) is 50.2 Å². The Bertz CT molecular complexity index is 835. The summed E-state index contributed by atoms with van der Waals surface area (Å²) >= 11 is 0. The molecule has 1 saturated heterocycles. The van der Waals surface area contributed by atoms with Gasteiger partial charge in [-0.3, -0.25) is 4.79 Å². The van der Waals surface area contributed by atoms with Crippen molar-refractivity contribution in [1.82, 2.24) is 4.90 Å². The highest BCUT2D eigenvalue weighted by Gasteiger charge is 2.44. The summed E-state index contributed by atoms with van der Waals surface area (Å²) in [4.78, 5) is 15.3. The predicted octanol–water partition coefficient (Wildman–Crippen LogP) is 3.60. The first kappa shape index (κ1) is 27.4. The number of aliphatic hydroxyl groups is 2. The van der Waals surface area contributed by atoms with Gasteiger partial charge in [-0.2, -0.15) is 0 Å². The minimum absolute atomic E-state index is 0.0687. The SMILES string of the molecule is COCCCC[C@@](O)(c1ccccc1OCC1CCCC1)[C@@H]1CCCN(C(=O)[C@H]2CC(N)[C@@H](O)C2)C1. The molecule has 2 saturated carbocycles. The van der Waals surface area contributed by atoms with Crippen LogP contribution in [0.2, 0.25) is 0 Å². The summed E-state index contributed by atoms with van der Waals surface area (Å²) in [6.45, 7) is 2.56. The van der Waals surface area contributed by atoms with Crippen LogP contribution in [0.1, 0.15) is 76.2 Å². The number of nitrogens with two attached hydrogens (primary N) is 1. The molecule has 0 aromatic heterocycles. The van der Waals surface area contributed by atoms with Crippen LogP contribution in [0.25, 0.3) is 0 Å². The van der Waals surface area contributed by atoms with Gasteiger partial charge in [-0.05, 0) is 69.8 Å². The summed E-state index contributed by atoms with van der Waals surface area (Å²) in [5, 5.41) is 22.5. The van der Waals surface area contributed by atoms with E-state index in [0.29, 0.717) is 51.5 Å². The molecule has 0 radical (unpaired) electrons. The van der Waals surface area contributed by atoms with E-state index in [-0.39, 0.29) is 23.8 Å². The van der Waals surface area contributed by atoms with Crippen LogP contribution in [-0.4, -0.2) is 66.6 Å². The lowest BCUT2D eigenvalue weighted by molar-refractivity contribution is -0.141. The first-order valence-electron chi connectivity index (χ1n) is 14.1. The van der Waals surface area contributed by atoms with E-state index in [2.05, 4.69) is 0 Å². The Morgan fingerprint density at radius 3 is 2.64 bits per heavy atom. The number of benzene rings is 1. The normalized spacial score (nSPS) is 28.8. The average Bonchev–Trinajstić information content (AvgIpc) is 3.54. The topological polar surface area (TPSA) is 105 Å². The van der Waals surface area contributed by atoms with E-state index in [1.165, 1.54) is 25.7 Å². The molecule has 3 aliphatic rings. The Hall–Kier alpha value is -1.67. The number of nitrogens with zero attached hydrogens (tertiary/aromatic N) is 1. The maximum atomic E-state index is 13.4. The van der Waals surface area contributed by atoms with Crippen molar-refractivity contribution >= 4 is 5.91 Å². The lowest BCUT2D eigenvalue weighted by Crippen LogP contribution is -2.49. The molecule has 1 aliphatic heterocycles. The minimum Gasteiger partial charge on any atom is -0.493 e. The van der Waals surface area contributed by atoms with Gasteiger partial charge in [-0.25, -0.2) is 0 Å².